The number of aliphatic hydroxyl groups excluding tert-OH is 3. The summed E-state index contributed by atoms with van der Waals surface area (Å²) < 4.78 is 0. The molecule has 3 unspecified atom stereocenters. The average molecular weight is 850 g/mol. The van der Waals surface area contributed by atoms with Crippen LogP contribution in [-0.2, 0) is 4.79 Å². The molecule has 1 amide bonds. The highest BCUT2D eigenvalue weighted by molar-refractivity contribution is 5.76. The molecule has 0 spiro atoms. The van der Waals surface area contributed by atoms with Crippen LogP contribution in [0.5, 0.6) is 0 Å². The molecule has 0 saturated heterocycles. The maximum atomic E-state index is 12.5. The van der Waals surface area contributed by atoms with Crippen molar-refractivity contribution in [3.05, 3.63) is 0 Å². The third kappa shape index (κ3) is 45.4. The van der Waals surface area contributed by atoms with E-state index in [9.17, 15) is 20.1 Å². The van der Waals surface area contributed by atoms with E-state index in [0.29, 0.717) is 12.8 Å². The van der Waals surface area contributed by atoms with Gasteiger partial charge in [0, 0.05) is 6.42 Å². The Balaban J connectivity index is 3.47. The van der Waals surface area contributed by atoms with Crippen LogP contribution in [-0.4, -0.2) is 46.1 Å². The monoisotopic (exact) mass is 850 g/mol. The SMILES string of the molecule is CCCCCCCCCCCCCCCCCCCCCCCCCCCCCCCC(=O)NC(CO)C(O)C(O)CCCCCCCCCCCCCCCCCCC. The van der Waals surface area contributed by atoms with E-state index in [1.54, 1.807) is 0 Å². The van der Waals surface area contributed by atoms with Crippen molar-refractivity contribution in [3.63, 3.8) is 0 Å². The molecule has 3 atom stereocenters. The van der Waals surface area contributed by atoms with Crippen molar-refractivity contribution in [3.8, 4) is 0 Å². The standard InChI is InChI=1S/C55H111NO4/c1-3-5-7-9-11-13-15-17-19-21-22-23-24-25-26-27-28-29-30-31-32-34-36-38-40-42-44-46-48-50-54(59)56-52(51-57)55(60)53(58)49-47-45-43-41-39-37-35-33-20-18-16-14-12-10-8-6-4-2/h52-53,55,57-58,60H,3-51H2,1-2H3,(H,56,59). The van der Waals surface area contributed by atoms with Gasteiger partial charge in [-0.25, -0.2) is 0 Å². The van der Waals surface area contributed by atoms with Crippen molar-refractivity contribution in [2.45, 2.75) is 340 Å². The number of nitrogens with one attached hydrogen (secondary N) is 1. The number of carbonyl (C=O) groups is 1. The highest BCUT2D eigenvalue weighted by atomic mass is 16.3. The molecule has 0 aromatic rings. The molecule has 0 bridgehead atoms. The lowest BCUT2D eigenvalue weighted by molar-refractivity contribution is -0.124. The molecule has 0 aromatic carbocycles. The van der Waals surface area contributed by atoms with Gasteiger partial charge in [-0.05, 0) is 12.8 Å². The first kappa shape index (κ1) is 59.4. The molecule has 60 heavy (non-hydrogen) atoms. The minimum atomic E-state index is -1.13. The largest absolute Gasteiger partial charge is 0.394 e. The summed E-state index contributed by atoms with van der Waals surface area (Å²) in [5, 5.41) is 33.7. The molecule has 0 aliphatic heterocycles. The number of rotatable bonds is 52. The van der Waals surface area contributed by atoms with Crippen molar-refractivity contribution in [2.75, 3.05) is 6.61 Å². The first-order valence-corrected chi connectivity index (χ1v) is 27.8. The minimum absolute atomic E-state index is 0.136. The van der Waals surface area contributed by atoms with E-state index in [1.165, 1.54) is 263 Å². The summed E-state index contributed by atoms with van der Waals surface area (Å²) >= 11 is 0. The van der Waals surface area contributed by atoms with E-state index in [-0.39, 0.29) is 12.5 Å². The second-order valence-electron chi connectivity index (χ2n) is 19.5. The van der Waals surface area contributed by atoms with Crippen LogP contribution in [0.3, 0.4) is 0 Å². The van der Waals surface area contributed by atoms with Crippen LogP contribution in [0.25, 0.3) is 0 Å². The quantitative estimate of drug-likeness (QED) is 0.0459. The van der Waals surface area contributed by atoms with Crippen LogP contribution >= 0.6 is 0 Å². The molecule has 0 radical (unpaired) electrons. The Morgan fingerprint density at radius 2 is 0.567 bits per heavy atom. The zero-order valence-electron chi connectivity index (χ0n) is 41.1. The van der Waals surface area contributed by atoms with Crippen LogP contribution < -0.4 is 5.32 Å². The summed E-state index contributed by atoms with van der Waals surface area (Å²) in [5.74, 6) is -0.136. The Hall–Kier alpha value is -0.650. The smallest absolute Gasteiger partial charge is 0.220 e. The zero-order chi connectivity index (χ0) is 43.7. The van der Waals surface area contributed by atoms with Gasteiger partial charge in [-0.1, -0.05) is 303 Å². The van der Waals surface area contributed by atoms with E-state index < -0.39 is 18.2 Å². The van der Waals surface area contributed by atoms with Gasteiger partial charge < -0.3 is 20.6 Å². The topological polar surface area (TPSA) is 89.8 Å². The Bertz CT molecular complexity index is 807. The Kier molecular flexibility index (Phi) is 50.4. The lowest BCUT2D eigenvalue weighted by atomic mass is 9.99. The van der Waals surface area contributed by atoms with Gasteiger partial charge in [0.25, 0.3) is 0 Å². The van der Waals surface area contributed by atoms with Gasteiger partial charge in [0.15, 0.2) is 0 Å². The first-order chi connectivity index (χ1) is 29.6. The van der Waals surface area contributed by atoms with Crippen molar-refractivity contribution < 1.29 is 20.1 Å². The predicted molar refractivity (Wildman–Crippen MR) is 264 cm³/mol. The van der Waals surface area contributed by atoms with E-state index in [4.69, 9.17) is 0 Å². The Morgan fingerprint density at radius 1 is 0.350 bits per heavy atom. The van der Waals surface area contributed by atoms with Crippen molar-refractivity contribution in [1.29, 1.82) is 0 Å². The molecule has 4 N–H and O–H groups in total. The third-order valence-electron chi connectivity index (χ3n) is 13.5. The highest BCUT2D eigenvalue weighted by Crippen LogP contribution is 2.19. The molecule has 0 aliphatic rings. The van der Waals surface area contributed by atoms with Gasteiger partial charge >= 0.3 is 0 Å². The second-order valence-corrected chi connectivity index (χ2v) is 19.5. The molecular formula is C55H111NO4. The average Bonchev–Trinajstić information content (AvgIpc) is 3.25. The molecule has 0 rings (SSSR count). The van der Waals surface area contributed by atoms with Gasteiger partial charge in [-0.2, -0.15) is 0 Å². The van der Waals surface area contributed by atoms with Gasteiger partial charge in [0.05, 0.1) is 18.8 Å². The number of amides is 1. The lowest BCUT2D eigenvalue weighted by Crippen LogP contribution is -2.50. The van der Waals surface area contributed by atoms with E-state index in [1.807, 2.05) is 0 Å². The number of aliphatic hydroxyl groups is 3. The van der Waals surface area contributed by atoms with Crippen molar-refractivity contribution in [2.24, 2.45) is 0 Å². The molecule has 5 nitrogen and oxygen atoms in total. The first-order valence-electron chi connectivity index (χ1n) is 27.8. The predicted octanol–water partition coefficient (Wildman–Crippen LogP) is 16.9. The number of unbranched alkanes of at least 4 members (excludes halogenated alkanes) is 44. The van der Waals surface area contributed by atoms with Crippen LogP contribution in [0, 0.1) is 0 Å². The van der Waals surface area contributed by atoms with Gasteiger partial charge in [-0.3, -0.25) is 4.79 Å². The molecule has 0 aliphatic carbocycles. The molecule has 0 aromatic heterocycles. The molecule has 5 heteroatoms. The Morgan fingerprint density at radius 3 is 0.800 bits per heavy atom. The van der Waals surface area contributed by atoms with Crippen LogP contribution in [0.2, 0.25) is 0 Å². The number of carbonyl (C=O) groups excluding carboxylic acids is 1. The fourth-order valence-electron chi connectivity index (χ4n) is 9.17. The van der Waals surface area contributed by atoms with Crippen LogP contribution in [0.15, 0.2) is 0 Å². The molecule has 0 saturated carbocycles. The number of hydrogen-bond donors (Lipinski definition) is 4. The lowest BCUT2D eigenvalue weighted by Gasteiger charge is -2.26. The highest BCUT2D eigenvalue weighted by Gasteiger charge is 2.26. The van der Waals surface area contributed by atoms with Gasteiger partial charge in [-0.15, -0.1) is 0 Å². The third-order valence-corrected chi connectivity index (χ3v) is 13.5. The maximum Gasteiger partial charge on any atom is 0.220 e. The van der Waals surface area contributed by atoms with Crippen LogP contribution in [0.1, 0.15) is 322 Å². The van der Waals surface area contributed by atoms with E-state index in [2.05, 4.69) is 19.2 Å². The van der Waals surface area contributed by atoms with E-state index >= 15 is 0 Å². The van der Waals surface area contributed by atoms with Gasteiger partial charge in [0.2, 0.25) is 5.91 Å². The van der Waals surface area contributed by atoms with E-state index in [0.717, 1.165) is 32.1 Å². The molecule has 0 fully saturated rings. The van der Waals surface area contributed by atoms with Gasteiger partial charge in [0.1, 0.15) is 6.10 Å². The van der Waals surface area contributed by atoms with Crippen LogP contribution in [0.4, 0.5) is 0 Å². The molecule has 360 valence electrons. The summed E-state index contributed by atoms with van der Waals surface area (Å²) in [7, 11) is 0. The Labute approximate surface area is 377 Å². The summed E-state index contributed by atoms with van der Waals surface area (Å²) in [4.78, 5) is 12.5. The fraction of sp³-hybridized carbons (Fsp3) is 0.982. The summed E-state index contributed by atoms with van der Waals surface area (Å²) in [6, 6.07) is -0.804. The second kappa shape index (κ2) is 51.0. The van der Waals surface area contributed by atoms with Crippen molar-refractivity contribution >= 4 is 5.91 Å². The fourth-order valence-corrected chi connectivity index (χ4v) is 9.17. The summed E-state index contributed by atoms with van der Waals surface area (Å²) in [6.45, 7) is 4.22. The van der Waals surface area contributed by atoms with Crippen molar-refractivity contribution in [1.82, 2.24) is 5.32 Å². The molecule has 0 heterocycles. The summed E-state index contributed by atoms with van der Waals surface area (Å²) in [5.41, 5.74) is 0. The molecular weight excluding hydrogens is 739 g/mol. The minimum Gasteiger partial charge on any atom is -0.394 e. The number of hydrogen-bond acceptors (Lipinski definition) is 4. The zero-order valence-corrected chi connectivity index (χ0v) is 41.1. The normalized spacial score (nSPS) is 13.2. The summed E-state index contributed by atoms with van der Waals surface area (Å²) in [6.07, 6.45) is 61.1. The maximum absolute atomic E-state index is 12.5.